The van der Waals surface area contributed by atoms with Crippen molar-refractivity contribution in [1.29, 1.82) is 0 Å². The predicted octanol–water partition coefficient (Wildman–Crippen LogP) is 1.41. The van der Waals surface area contributed by atoms with Crippen LogP contribution in [0.2, 0.25) is 0 Å². The molecule has 2 rings (SSSR count). The highest BCUT2D eigenvalue weighted by molar-refractivity contribution is 4.97. The summed E-state index contributed by atoms with van der Waals surface area (Å²) in [6.45, 7) is 3.68. The van der Waals surface area contributed by atoms with E-state index in [0.717, 1.165) is 32.1 Å². The fraction of sp³-hybridized carbons (Fsp3) is 0.600. The molecule has 1 atom stereocenters. The predicted molar refractivity (Wildman–Crippen MR) is 49.3 cm³/mol. The van der Waals surface area contributed by atoms with Gasteiger partial charge in [0.25, 0.3) is 0 Å². The number of hydrogen-bond donors (Lipinski definition) is 1. The van der Waals surface area contributed by atoms with E-state index in [1.165, 1.54) is 6.42 Å². The minimum atomic E-state index is 0.690. The Morgan fingerprint density at radius 2 is 2.54 bits per heavy atom. The van der Waals surface area contributed by atoms with Gasteiger partial charge in [-0.3, -0.25) is 0 Å². The molecule has 1 unspecified atom stereocenters. The molecular formula is C10H15NO2. The van der Waals surface area contributed by atoms with Crippen LogP contribution in [0.25, 0.3) is 0 Å². The molecule has 1 fully saturated rings. The zero-order valence-electron chi connectivity index (χ0n) is 7.66. The zero-order chi connectivity index (χ0) is 8.93. The monoisotopic (exact) mass is 181 g/mol. The second-order valence-corrected chi connectivity index (χ2v) is 3.44. The number of hydrogen-bond acceptors (Lipinski definition) is 3. The van der Waals surface area contributed by atoms with Crippen LogP contribution < -0.4 is 5.32 Å². The zero-order valence-corrected chi connectivity index (χ0v) is 7.66. The van der Waals surface area contributed by atoms with Crippen LogP contribution in [0.5, 0.6) is 0 Å². The van der Waals surface area contributed by atoms with E-state index in [-0.39, 0.29) is 0 Å². The van der Waals surface area contributed by atoms with E-state index in [4.69, 9.17) is 9.15 Å². The minimum absolute atomic E-state index is 0.690. The van der Waals surface area contributed by atoms with Gasteiger partial charge >= 0.3 is 0 Å². The molecule has 13 heavy (non-hydrogen) atoms. The molecule has 0 amide bonds. The van der Waals surface area contributed by atoms with Crippen molar-refractivity contribution in [2.75, 3.05) is 19.8 Å². The highest BCUT2D eigenvalue weighted by Gasteiger charge is 2.14. The summed E-state index contributed by atoms with van der Waals surface area (Å²) in [5.41, 5.74) is 0. The van der Waals surface area contributed by atoms with Crippen molar-refractivity contribution in [3.63, 3.8) is 0 Å². The second-order valence-electron chi connectivity index (χ2n) is 3.44. The quantitative estimate of drug-likeness (QED) is 0.762. The third-order valence-corrected chi connectivity index (χ3v) is 2.34. The van der Waals surface area contributed by atoms with Crippen molar-refractivity contribution in [2.45, 2.75) is 13.0 Å². The molecule has 1 aliphatic rings. The standard InChI is InChI=1S/C10H15NO2/c1-2-10(13-4-1)7-11-6-9-3-5-12-8-9/h1-2,4,9,11H,3,5-8H2. The van der Waals surface area contributed by atoms with Gasteiger partial charge in [0, 0.05) is 13.2 Å². The van der Waals surface area contributed by atoms with E-state index in [1.807, 2.05) is 12.1 Å². The van der Waals surface area contributed by atoms with E-state index in [2.05, 4.69) is 5.32 Å². The van der Waals surface area contributed by atoms with Crippen LogP contribution in [-0.4, -0.2) is 19.8 Å². The molecule has 1 aromatic heterocycles. The topological polar surface area (TPSA) is 34.4 Å². The van der Waals surface area contributed by atoms with Crippen LogP contribution in [-0.2, 0) is 11.3 Å². The van der Waals surface area contributed by atoms with Crippen LogP contribution in [0.1, 0.15) is 12.2 Å². The lowest BCUT2D eigenvalue weighted by molar-refractivity contribution is 0.185. The van der Waals surface area contributed by atoms with Crippen LogP contribution >= 0.6 is 0 Å². The Bertz CT molecular complexity index is 227. The van der Waals surface area contributed by atoms with E-state index in [0.29, 0.717) is 5.92 Å². The molecule has 0 saturated carbocycles. The van der Waals surface area contributed by atoms with Crippen LogP contribution in [0.4, 0.5) is 0 Å². The van der Waals surface area contributed by atoms with Crippen molar-refractivity contribution < 1.29 is 9.15 Å². The van der Waals surface area contributed by atoms with Gasteiger partial charge in [-0.2, -0.15) is 0 Å². The van der Waals surface area contributed by atoms with Crippen LogP contribution in [0, 0.1) is 5.92 Å². The summed E-state index contributed by atoms with van der Waals surface area (Å²) in [7, 11) is 0. The Morgan fingerprint density at radius 3 is 3.23 bits per heavy atom. The van der Waals surface area contributed by atoms with Gasteiger partial charge in [0.15, 0.2) is 0 Å². The number of ether oxygens (including phenoxy) is 1. The molecule has 0 bridgehead atoms. The van der Waals surface area contributed by atoms with Gasteiger partial charge in [0.05, 0.1) is 19.4 Å². The lowest BCUT2D eigenvalue weighted by atomic mass is 10.1. The molecule has 0 radical (unpaired) electrons. The molecule has 3 nitrogen and oxygen atoms in total. The second kappa shape index (κ2) is 4.44. The van der Waals surface area contributed by atoms with Gasteiger partial charge in [-0.15, -0.1) is 0 Å². The van der Waals surface area contributed by atoms with Crippen molar-refractivity contribution >= 4 is 0 Å². The Balaban J connectivity index is 1.63. The first-order chi connectivity index (χ1) is 6.45. The average Bonchev–Trinajstić information content (AvgIpc) is 2.75. The summed E-state index contributed by atoms with van der Waals surface area (Å²) in [4.78, 5) is 0. The first-order valence-corrected chi connectivity index (χ1v) is 4.76. The van der Waals surface area contributed by atoms with Gasteiger partial charge in [0.1, 0.15) is 5.76 Å². The van der Waals surface area contributed by atoms with Gasteiger partial charge in [-0.05, 0) is 24.5 Å². The Labute approximate surface area is 78.1 Å². The summed E-state index contributed by atoms with van der Waals surface area (Å²) >= 11 is 0. The summed E-state index contributed by atoms with van der Waals surface area (Å²) in [5, 5.41) is 3.36. The summed E-state index contributed by atoms with van der Waals surface area (Å²) in [6, 6.07) is 3.90. The molecule has 1 aliphatic heterocycles. The van der Waals surface area contributed by atoms with Crippen molar-refractivity contribution in [3.8, 4) is 0 Å². The fourth-order valence-corrected chi connectivity index (χ4v) is 1.56. The third-order valence-electron chi connectivity index (χ3n) is 2.34. The van der Waals surface area contributed by atoms with Crippen molar-refractivity contribution in [1.82, 2.24) is 5.32 Å². The first-order valence-electron chi connectivity index (χ1n) is 4.76. The normalized spacial score (nSPS) is 22.3. The minimum Gasteiger partial charge on any atom is -0.468 e. The summed E-state index contributed by atoms with van der Waals surface area (Å²) in [6.07, 6.45) is 2.89. The molecule has 72 valence electrons. The molecule has 3 heteroatoms. The SMILES string of the molecule is c1coc(CNCC2CCOC2)c1. The van der Waals surface area contributed by atoms with Crippen LogP contribution in [0.3, 0.4) is 0 Å². The van der Waals surface area contributed by atoms with Crippen LogP contribution in [0.15, 0.2) is 22.8 Å². The molecule has 0 aromatic carbocycles. The van der Waals surface area contributed by atoms with Gasteiger partial charge in [-0.25, -0.2) is 0 Å². The fourth-order valence-electron chi connectivity index (χ4n) is 1.56. The molecule has 1 aromatic rings. The molecule has 0 spiro atoms. The maximum atomic E-state index is 5.28. The first kappa shape index (κ1) is 8.78. The van der Waals surface area contributed by atoms with Crippen molar-refractivity contribution in [2.24, 2.45) is 5.92 Å². The van der Waals surface area contributed by atoms with E-state index in [1.54, 1.807) is 6.26 Å². The maximum Gasteiger partial charge on any atom is 0.117 e. The Morgan fingerprint density at radius 1 is 1.54 bits per heavy atom. The number of rotatable bonds is 4. The highest BCUT2D eigenvalue weighted by atomic mass is 16.5. The molecule has 0 aliphatic carbocycles. The molecule has 2 heterocycles. The lowest BCUT2D eigenvalue weighted by Crippen LogP contribution is -2.22. The number of nitrogens with one attached hydrogen (secondary N) is 1. The molecular weight excluding hydrogens is 166 g/mol. The van der Waals surface area contributed by atoms with Crippen molar-refractivity contribution in [3.05, 3.63) is 24.2 Å². The third kappa shape index (κ3) is 2.57. The molecule has 1 N–H and O–H groups in total. The Hall–Kier alpha value is -0.800. The highest BCUT2D eigenvalue weighted by Crippen LogP contribution is 2.10. The van der Waals surface area contributed by atoms with E-state index >= 15 is 0 Å². The van der Waals surface area contributed by atoms with Gasteiger partial charge < -0.3 is 14.5 Å². The summed E-state index contributed by atoms with van der Waals surface area (Å²) < 4.78 is 10.5. The average molecular weight is 181 g/mol. The van der Waals surface area contributed by atoms with Gasteiger partial charge in [-0.1, -0.05) is 0 Å². The lowest BCUT2D eigenvalue weighted by Gasteiger charge is -2.07. The van der Waals surface area contributed by atoms with E-state index < -0.39 is 0 Å². The largest absolute Gasteiger partial charge is 0.468 e. The molecule has 1 saturated heterocycles. The number of furan rings is 1. The smallest absolute Gasteiger partial charge is 0.117 e. The Kier molecular flexibility index (Phi) is 3.00. The van der Waals surface area contributed by atoms with Gasteiger partial charge in [0.2, 0.25) is 0 Å². The van der Waals surface area contributed by atoms with E-state index in [9.17, 15) is 0 Å². The summed E-state index contributed by atoms with van der Waals surface area (Å²) in [5.74, 6) is 1.69. The maximum absolute atomic E-state index is 5.28.